The normalized spacial score (nSPS) is 15.4. The van der Waals surface area contributed by atoms with Gasteiger partial charge >= 0.3 is 5.97 Å². The maximum atomic E-state index is 12.5. The summed E-state index contributed by atoms with van der Waals surface area (Å²) >= 11 is 0. The average molecular weight is 346 g/mol. The molecule has 0 aromatic heterocycles. The number of aliphatic carboxylic acids is 1. The number of carbonyl (C=O) groups is 3. The smallest absolute Gasteiger partial charge is 0.309 e. The van der Waals surface area contributed by atoms with Crippen LogP contribution in [-0.4, -0.2) is 40.9 Å². The number of benzene rings is 1. The first-order valence-electron chi connectivity index (χ1n) is 8.72. The molecule has 1 aliphatic heterocycles. The Kier molecular flexibility index (Phi) is 6.17. The summed E-state index contributed by atoms with van der Waals surface area (Å²) in [5.74, 6) is -1.35. The minimum Gasteiger partial charge on any atom is -0.481 e. The van der Waals surface area contributed by atoms with Crippen molar-refractivity contribution in [2.24, 2.45) is 5.41 Å². The molecular formula is C19H26N2O4. The van der Waals surface area contributed by atoms with Crippen molar-refractivity contribution in [2.75, 3.05) is 18.4 Å². The van der Waals surface area contributed by atoms with Crippen molar-refractivity contribution in [3.8, 4) is 0 Å². The summed E-state index contributed by atoms with van der Waals surface area (Å²) < 4.78 is 0. The molecule has 0 saturated carbocycles. The quantitative estimate of drug-likeness (QED) is 0.857. The number of carboxylic acid groups (broad SMARTS) is 1. The van der Waals surface area contributed by atoms with Gasteiger partial charge in [0.15, 0.2) is 0 Å². The fourth-order valence-electron chi connectivity index (χ4n) is 2.83. The Hall–Kier alpha value is -2.37. The molecule has 2 rings (SSSR count). The molecule has 0 atom stereocenters. The van der Waals surface area contributed by atoms with E-state index in [1.807, 2.05) is 4.90 Å². The number of carbonyl (C=O) groups excluding carboxylic acids is 2. The highest BCUT2D eigenvalue weighted by Crippen LogP contribution is 2.22. The topological polar surface area (TPSA) is 86.7 Å². The van der Waals surface area contributed by atoms with Gasteiger partial charge in [-0.3, -0.25) is 14.4 Å². The molecule has 1 heterocycles. The Bertz CT molecular complexity index is 629. The van der Waals surface area contributed by atoms with Crippen LogP contribution >= 0.6 is 0 Å². The van der Waals surface area contributed by atoms with Crippen molar-refractivity contribution in [3.63, 3.8) is 0 Å². The van der Waals surface area contributed by atoms with Gasteiger partial charge in [0.1, 0.15) is 0 Å². The van der Waals surface area contributed by atoms with Crippen LogP contribution in [0.15, 0.2) is 24.3 Å². The molecule has 0 unspecified atom stereocenters. The molecule has 6 nitrogen and oxygen atoms in total. The molecule has 0 aliphatic carbocycles. The van der Waals surface area contributed by atoms with E-state index < -0.39 is 11.4 Å². The van der Waals surface area contributed by atoms with Crippen LogP contribution in [0.25, 0.3) is 0 Å². The fraction of sp³-hybridized carbons (Fsp3) is 0.526. The number of hydrogen-bond donors (Lipinski definition) is 2. The van der Waals surface area contributed by atoms with Gasteiger partial charge in [-0.15, -0.1) is 0 Å². The third-order valence-electron chi connectivity index (χ3n) is 4.49. The lowest BCUT2D eigenvalue weighted by Gasteiger charge is -2.20. The minimum atomic E-state index is -1.12. The number of amides is 2. The fourth-order valence-corrected chi connectivity index (χ4v) is 2.83. The minimum absolute atomic E-state index is 0.0202. The second-order valence-corrected chi connectivity index (χ2v) is 7.20. The molecule has 25 heavy (non-hydrogen) atoms. The van der Waals surface area contributed by atoms with E-state index in [0.29, 0.717) is 11.3 Å². The molecule has 0 spiro atoms. The SMILES string of the molecule is CC(C)(CC(=O)Nc1ccc(C(=O)N2CCCCCC2)cc1)C(=O)O. The van der Waals surface area contributed by atoms with Crippen LogP contribution in [0.5, 0.6) is 0 Å². The molecule has 2 amide bonds. The maximum absolute atomic E-state index is 12.5. The molecule has 0 radical (unpaired) electrons. The molecule has 136 valence electrons. The van der Waals surface area contributed by atoms with E-state index in [2.05, 4.69) is 5.32 Å². The van der Waals surface area contributed by atoms with Gasteiger partial charge in [-0.25, -0.2) is 0 Å². The first-order chi connectivity index (χ1) is 11.8. The van der Waals surface area contributed by atoms with Crippen LogP contribution in [-0.2, 0) is 9.59 Å². The molecule has 1 aromatic rings. The zero-order valence-corrected chi connectivity index (χ0v) is 14.9. The van der Waals surface area contributed by atoms with Crippen LogP contribution < -0.4 is 5.32 Å². The first-order valence-corrected chi connectivity index (χ1v) is 8.72. The lowest BCUT2D eigenvalue weighted by molar-refractivity contribution is -0.148. The highest BCUT2D eigenvalue weighted by atomic mass is 16.4. The van der Waals surface area contributed by atoms with Crippen molar-refractivity contribution < 1.29 is 19.5 Å². The Morgan fingerprint density at radius 1 is 1.04 bits per heavy atom. The van der Waals surface area contributed by atoms with Gasteiger partial charge in [-0.1, -0.05) is 12.8 Å². The standard InChI is InChI=1S/C19H26N2O4/c1-19(2,18(24)25)13-16(22)20-15-9-7-14(8-10-15)17(23)21-11-5-3-4-6-12-21/h7-10H,3-6,11-13H2,1-2H3,(H,20,22)(H,24,25). The Morgan fingerprint density at radius 2 is 1.60 bits per heavy atom. The summed E-state index contributed by atoms with van der Waals surface area (Å²) in [5.41, 5.74) is 0.0385. The number of carboxylic acids is 1. The van der Waals surface area contributed by atoms with Crippen LogP contribution in [0.2, 0.25) is 0 Å². The highest BCUT2D eigenvalue weighted by Gasteiger charge is 2.30. The summed E-state index contributed by atoms with van der Waals surface area (Å²) in [5, 5.41) is 11.8. The Balaban J connectivity index is 1.96. The van der Waals surface area contributed by atoms with Crippen LogP contribution in [0.4, 0.5) is 5.69 Å². The van der Waals surface area contributed by atoms with E-state index in [9.17, 15) is 14.4 Å². The van der Waals surface area contributed by atoms with Gasteiger partial charge in [-0.2, -0.15) is 0 Å². The van der Waals surface area contributed by atoms with E-state index in [4.69, 9.17) is 5.11 Å². The van der Waals surface area contributed by atoms with E-state index in [1.54, 1.807) is 24.3 Å². The number of nitrogens with zero attached hydrogens (tertiary/aromatic N) is 1. The average Bonchev–Trinajstić information content (AvgIpc) is 2.83. The van der Waals surface area contributed by atoms with Gasteiger partial charge in [0.2, 0.25) is 5.91 Å². The molecular weight excluding hydrogens is 320 g/mol. The van der Waals surface area contributed by atoms with E-state index in [0.717, 1.165) is 25.9 Å². The number of hydrogen-bond acceptors (Lipinski definition) is 3. The zero-order valence-electron chi connectivity index (χ0n) is 14.9. The van der Waals surface area contributed by atoms with Crippen molar-refractivity contribution in [1.82, 2.24) is 4.90 Å². The zero-order chi connectivity index (χ0) is 18.4. The molecule has 1 aliphatic rings. The third kappa shape index (κ3) is 5.31. The van der Waals surface area contributed by atoms with Crippen molar-refractivity contribution in [1.29, 1.82) is 0 Å². The van der Waals surface area contributed by atoms with Crippen LogP contribution in [0.1, 0.15) is 56.3 Å². The second kappa shape index (κ2) is 8.14. The van der Waals surface area contributed by atoms with Crippen molar-refractivity contribution >= 4 is 23.5 Å². The third-order valence-corrected chi connectivity index (χ3v) is 4.49. The summed E-state index contributed by atoms with van der Waals surface area (Å²) in [7, 11) is 0. The molecule has 1 aromatic carbocycles. The van der Waals surface area contributed by atoms with Crippen molar-refractivity contribution in [2.45, 2.75) is 46.0 Å². The summed E-state index contributed by atoms with van der Waals surface area (Å²) in [6, 6.07) is 6.75. The molecule has 1 fully saturated rings. The lowest BCUT2D eigenvalue weighted by Crippen LogP contribution is -2.31. The van der Waals surface area contributed by atoms with Crippen molar-refractivity contribution in [3.05, 3.63) is 29.8 Å². The first kappa shape index (κ1) is 19.0. The Morgan fingerprint density at radius 3 is 2.12 bits per heavy atom. The number of anilines is 1. The predicted octanol–water partition coefficient (Wildman–Crippen LogP) is 3.14. The molecule has 0 bridgehead atoms. The maximum Gasteiger partial charge on any atom is 0.309 e. The summed E-state index contributed by atoms with van der Waals surface area (Å²) in [6.07, 6.45) is 4.30. The van der Waals surface area contributed by atoms with Crippen LogP contribution in [0, 0.1) is 5.41 Å². The predicted molar refractivity (Wildman–Crippen MR) is 95.5 cm³/mol. The lowest BCUT2D eigenvalue weighted by atomic mass is 9.89. The van der Waals surface area contributed by atoms with Gasteiger partial charge in [0.05, 0.1) is 5.41 Å². The largest absolute Gasteiger partial charge is 0.481 e. The monoisotopic (exact) mass is 346 g/mol. The van der Waals surface area contributed by atoms with Crippen LogP contribution in [0.3, 0.4) is 0 Å². The van der Waals surface area contributed by atoms with E-state index in [1.165, 1.54) is 26.7 Å². The molecule has 2 N–H and O–H groups in total. The summed E-state index contributed by atoms with van der Waals surface area (Å²) in [6.45, 7) is 4.61. The van der Waals surface area contributed by atoms with Gasteiger partial charge < -0.3 is 15.3 Å². The van der Waals surface area contributed by atoms with Gasteiger partial charge in [0.25, 0.3) is 5.91 Å². The number of likely N-dealkylation sites (tertiary alicyclic amines) is 1. The number of rotatable bonds is 5. The van der Waals surface area contributed by atoms with E-state index in [-0.39, 0.29) is 18.2 Å². The summed E-state index contributed by atoms with van der Waals surface area (Å²) in [4.78, 5) is 37.5. The molecule has 6 heteroatoms. The Labute approximate surface area is 148 Å². The van der Waals surface area contributed by atoms with Gasteiger partial charge in [0, 0.05) is 30.8 Å². The molecule has 1 saturated heterocycles. The van der Waals surface area contributed by atoms with Gasteiger partial charge in [-0.05, 0) is 51.0 Å². The highest BCUT2D eigenvalue weighted by molar-refractivity contribution is 5.96. The second-order valence-electron chi connectivity index (χ2n) is 7.20. The number of nitrogens with one attached hydrogen (secondary N) is 1. The van der Waals surface area contributed by atoms with E-state index >= 15 is 0 Å².